The molecule has 4 rings (SSSR count). The maximum absolute atomic E-state index is 12.5. The van der Waals surface area contributed by atoms with Crippen molar-refractivity contribution in [2.75, 3.05) is 5.32 Å². The molecule has 0 atom stereocenters. The zero-order chi connectivity index (χ0) is 22.7. The number of fused-ring (bicyclic) bond motifs is 1. The van der Waals surface area contributed by atoms with Gasteiger partial charge in [-0.2, -0.15) is 0 Å². The molecule has 1 amide bonds. The lowest BCUT2D eigenvalue weighted by Gasteiger charge is -2.10. The second kappa shape index (κ2) is 9.00. The number of aromatic nitrogens is 1. The molecule has 0 radical (unpaired) electrons. The molecule has 0 aliphatic rings. The Kier molecular flexibility index (Phi) is 6.14. The van der Waals surface area contributed by atoms with E-state index in [4.69, 9.17) is 0 Å². The van der Waals surface area contributed by atoms with Crippen molar-refractivity contribution < 1.29 is 22.7 Å². The first-order chi connectivity index (χ1) is 15.3. The van der Waals surface area contributed by atoms with E-state index < -0.39 is 6.36 Å². The van der Waals surface area contributed by atoms with E-state index in [0.29, 0.717) is 6.42 Å². The lowest BCUT2D eigenvalue weighted by atomic mass is 10.0. The molecule has 4 aromatic rings. The van der Waals surface area contributed by atoms with Gasteiger partial charge in [-0.3, -0.25) is 4.79 Å². The Balaban J connectivity index is 1.44. The average molecular weight is 456 g/mol. The number of anilines is 1. The summed E-state index contributed by atoms with van der Waals surface area (Å²) >= 11 is 1.47. The van der Waals surface area contributed by atoms with Gasteiger partial charge < -0.3 is 10.1 Å². The molecule has 0 bridgehead atoms. The second-order valence-corrected chi connectivity index (χ2v) is 8.40. The number of hydrogen-bond donors (Lipinski definition) is 1. The van der Waals surface area contributed by atoms with Crippen molar-refractivity contribution in [3.05, 3.63) is 87.9 Å². The third-order valence-corrected chi connectivity index (χ3v) is 5.99. The van der Waals surface area contributed by atoms with Crippen LogP contribution in [0.2, 0.25) is 0 Å². The maximum atomic E-state index is 12.5. The lowest BCUT2D eigenvalue weighted by molar-refractivity contribution is -0.274. The van der Waals surface area contributed by atoms with Crippen molar-refractivity contribution >= 4 is 33.7 Å². The van der Waals surface area contributed by atoms with Gasteiger partial charge in [0, 0.05) is 23.1 Å². The predicted molar refractivity (Wildman–Crippen MR) is 119 cm³/mol. The highest BCUT2D eigenvalue weighted by molar-refractivity contribution is 7.11. The van der Waals surface area contributed by atoms with Gasteiger partial charge in [-0.1, -0.05) is 48.5 Å². The van der Waals surface area contributed by atoms with E-state index in [-0.39, 0.29) is 23.8 Å². The number of ether oxygens (including phenoxy) is 1. The van der Waals surface area contributed by atoms with Crippen LogP contribution in [0.5, 0.6) is 5.75 Å². The van der Waals surface area contributed by atoms with E-state index in [2.05, 4.69) is 39.3 Å². The Labute approximate surface area is 186 Å². The van der Waals surface area contributed by atoms with Crippen molar-refractivity contribution in [3.8, 4) is 5.75 Å². The van der Waals surface area contributed by atoms with Crippen LogP contribution in [-0.4, -0.2) is 17.3 Å². The fraction of sp³-hybridized carbons (Fsp3) is 0.167. The van der Waals surface area contributed by atoms with Crippen LogP contribution in [0.25, 0.3) is 10.8 Å². The number of amides is 1. The zero-order valence-electron chi connectivity index (χ0n) is 17.1. The molecule has 0 saturated carbocycles. The van der Waals surface area contributed by atoms with Crippen molar-refractivity contribution in [2.24, 2.45) is 0 Å². The fourth-order valence-corrected chi connectivity index (χ4v) is 4.55. The molecule has 164 valence electrons. The van der Waals surface area contributed by atoms with Crippen molar-refractivity contribution in [3.63, 3.8) is 0 Å². The lowest BCUT2D eigenvalue weighted by Crippen LogP contribution is -2.18. The summed E-state index contributed by atoms with van der Waals surface area (Å²) in [6.45, 7) is 1.85. The first-order valence-corrected chi connectivity index (χ1v) is 10.7. The Hall–Kier alpha value is -3.39. The van der Waals surface area contributed by atoms with Gasteiger partial charge in [0.25, 0.3) is 0 Å². The van der Waals surface area contributed by atoms with Gasteiger partial charge >= 0.3 is 6.36 Å². The Morgan fingerprint density at radius 2 is 1.81 bits per heavy atom. The van der Waals surface area contributed by atoms with Crippen LogP contribution in [0.3, 0.4) is 0 Å². The highest BCUT2D eigenvalue weighted by Crippen LogP contribution is 2.27. The van der Waals surface area contributed by atoms with Gasteiger partial charge in [-0.25, -0.2) is 4.98 Å². The molecule has 4 nitrogen and oxygen atoms in total. The van der Waals surface area contributed by atoms with Gasteiger partial charge in [0.2, 0.25) is 5.91 Å². The van der Waals surface area contributed by atoms with Crippen LogP contribution < -0.4 is 10.1 Å². The number of carbonyl (C=O) groups is 1. The number of nitrogens with zero attached hydrogens (tertiary/aromatic N) is 1. The quantitative estimate of drug-likeness (QED) is 0.372. The number of hydrogen-bond acceptors (Lipinski definition) is 4. The number of aryl methyl sites for hydroxylation is 1. The molecule has 0 saturated heterocycles. The number of benzene rings is 3. The first kappa shape index (κ1) is 21.8. The smallest absolute Gasteiger partial charge is 0.406 e. The van der Waals surface area contributed by atoms with Gasteiger partial charge in [0.05, 0.1) is 17.1 Å². The molecule has 0 aliphatic heterocycles. The molecule has 0 spiro atoms. The highest BCUT2D eigenvalue weighted by atomic mass is 32.1. The Morgan fingerprint density at radius 3 is 2.62 bits per heavy atom. The minimum absolute atomic E-state index is 0.0867. The molecule has 8 heteroatoms. The Bertz CT molecular complexity index is 1260. The summed E-state index contributed by atoms with van der Waals surface area (Å²) in [7, 11) is 0. The molecular weight excluding hydrogens is 437 g/mol. The SMILES string of the molecule is Cc1nc(Cc2cccc3ccccc23)sc1CC(=O)Nc1cccc(OC(F)(F)F)c1. The van der Waals surface area contributed by atoms with Crippen molar-refractivity contribution in [1.29, 1.82) is 0 Å². The summed E-state index contributed by atoms with van der Waals surface area (Å²) in [4.78, 5) is 17.9. The van der Waals surface area contributed by atoms with E-state index >= 15 is 0 Å². The van der Waals surface area contributed by atoms with Gasteiger partial charge in [0.15, 0.2) is 0 Å². The summed E-state index contributed by atoms with van der Waals surface area (Å²) in [5, 5.41) is 5.86. The average Bonchev–Trinajstić information content (AvgIpc) is 3.06. The van der Waals surface area contributed by atoms with Crippen LogP contribution in [0.15, 0.2) is 66.7 Å². The molecule has 32 heavy (non-hydrogen) atoms. The van der Waals surface area contributed by atoms with E-state index in [9.17, 15) is 18.0 Å². The van der Waals surface area contributed by atoms with Gasteiger partial charge in [-0.15, -0.1) is 24.5 Å². The normalized spacial score (nSPS) is 11.5. The summed E-state index contributed by atoms with van der Waals surface area (Å²) < 4.78 is 41.1. The second-order valence-electron chi connectivity index (χ2n) is 7.23. The maximum Gasteiger partial charge on any atom is 0.573 e. The fourth-order valence-electron chi connectivity index (χ4n) is 3.46. The highest BCUT2D eigenvalue weighted by Gasteiger charge is 2.31. The molecule has 1 aromatic heterocycles. The number of rotatable bonds is 6. The van der Waals surface area contributed by atoms with Crippen molar-refractivity contribution in [2.45, 2.75) is 26.1 Å². The summed E-state index contributed by atoms with van der Waals surface area (Å²) in [6.07, 6.45) is -4.04. The van der Waals surface area contributed by atoms with Crippen LogP contribution in [0.4, 0.5) is 18.9 Å². The monoisotopic (exact) mass is 456 g/mol. The van der Waals surface area contributed by atoms with E-state index in [1.54, 1.807) is 0 Å². The topological polar surface area (TPSA) is 51.2 Å². The predicted octanol–water partition coefficient (Wildman–Crippen LogP) is 6.28. The standard InChI is InChI=1S/C24H19F3N2O2S/c1-15-21(14-22(30)29-18-9-5-10-19(13-18)31-24(25,26)27)32-23(28-15)12-17-8-4-7-16-6-2-3-11-20(16)17/h2-11,13H,12,14H2,1H3,(H,29,30). The van der Waals surface area contributed by atoms with Crippen LogP contribution in [-0.2, 0) is 17.6 Å². The summed E-state index contributed by atoms with van der Waals surface area (Å²) in [5.74, 6) is -0.723. The number of nitrogens with one attached hydrogen (secondary N) is 1. The van der Waals surface area contributed by atoms with E-state index in [0.717, 1.165) is 32.6 Å². The number of halogens is 3. The minimum atomic E-state index is -4.79. The van der Waals surface area contributed by atoms with E-state index in [1.165, 1.54) is 34.9 Å². The molecule has 0 unspecified atom stereocenters. The molecule has 3 aromatic carbocycles. The third-order valence-electron chi connectivity index (χ3n) is 4.83. The van der Waals surface area contributed by atoms with Gasteiger partial charge in [0.1, 0.15) is 5.75 Å². The zero-order valence-corrected chi connectivity index (χ0v) is 17.9. The van der Waals surface area contributed by atoms with Crippen LogP contribution in [0, 0.1) is 6.92 Å². The van der Waals surface area contributed by atoms with Crippen LogP contribution in [0.1, 0.15) is 21.1 Å². The van der Waals surface area contributed by atoms with Crippen molar-refractivity contribution in [1.82, 2.24) is 4.98 Å². The first-order valence-electron chi connectivity index (χ1n) is 9.84. The number of carbonyl (C=O) groups excluding carboxylic acids is 1. The molecule has 0 fully saturated rings. The Morgan fingerprint density at radius 1 is 1.06 bits per heavy atom. The number of thiazole rings is 1. The molecular formula is C24H19F3N2O2S. The van der Waals surface area contributed by atoms with Crippen LogP contribution >= 0.6 is 11.3 Å². The minimum Gasteiger partial charge on any atom is -0.406 e. The summed E-state index contributed by atoms with van der Waals surface area (Å²) in [5.41, 5.74) is 2.17. The van der Waals surface area contributed by atoms with E-state index in [1.807, 2.05) is 25.1 Å². The molecule has 1 N–H and O–H groups in total. The largest absolute Gasteiger partial charge is 0.573 e. The summed E-state index contributed by atoms with van der Waals surface area (Å²) in [6, 6.07) is 19.5. The molecule has 0 aliphatic carbocycles. The third kappa shape index (κ3) is 5.45. The number of alkyl halides is 3. The molecule has 1 heterocycles. The van der Waals surface area contributed by atoms with Gasteiger partial charge in [-0.05, 0) is 35.4 Å².